The Morgan fingerprint density at radius 2 is 1.97 bits per heavy atom. The highest BCUT2D eigenvalue weighted by molar-refractivity contribution is 5.87. The lowest BCUT2D eigenvalue weighted by molar-refractivity contribution is -0.137. The first kappa shape index (κ1) is 22.6. The molecule has 1 aromatic heterocycles. The van der Waals surface area contributed by atoms with Crippen LogP contribution in [0.2, 0.25) is 0 Å². The summed E-state index contributed by atoms with van der Waals surface area (Å²) in [6, 6.07) is 3.85. The molecule has 1 unspecified atom stereocenters. The van der Waals surface area contributed by atoms with Gasteiger partial charge in [0.25, 0.3) is 5.91 Å². The van der Waals surface area contributed by atoms with Gasteiger partial charge in [0, 0.05) is 30.1 Å². The number of nitrogens with one attached hydrogen (secondary N) is 1. The van der Waals surface area contributed by atoms with Crippen LogP contribution in [0.4, 0.5) is 0 Å². The topological polar surface area (TPSA) is 71.8 Å². The Bertz CT molecular complexity index is 981. The van der Waals surface area contributed by atoms with Crippen molar-refractivity contribution in [2.75, 3.05) is 26.7 Å². The van der Waals surface area contributed by atoms with E-state index in [4.69, 9.17) is 9.15 Å². The van der Waals surface area contributed by atoms with Crippen LogP contribution in [0, 0.1) is 12.8 Å². The van der Waals surface area contributed by atoms with Crippen LogP contribution < -0.4 is 15.7 Å². The van der Waals surface area contributed by atoms with Crippen LogP contribution in [0.25, 0.3) is 11.0 Å². The number of nitrogens with zero attached hydrogens (tertiary/aromatic N) is 1. The van der Waals surface area contributed by atoms with E-state index in [2.05, 4.69) is 5.32 Å². The zero-order valence-electron chi connectivity index (χ0n) is 18.0. The number of likely N-dealkylation sites (N-methyl/N-ethyl adjacent to an activating group) is 1. The number of piperidine rings is 1. The minimum absolute atomic E-state index is 0. The van der Waals surface area contributed by atoms with Gasteiger partial charge in [-0.3, -0.25) is 4.79 Å². The summed E-state index contributed by atoms with van der Waals surface area (Å²) < 4.78 is 11.6. The zero-order chi connectivity index (χ0) is 20.5. The molecular formula is C23H31ClN2O4. The molecule has 1 aliphatic carbocycles. The first-order chi connectivity index (χ1) is 14.0. The summed E-state index contributed by atoms with van der Waals surface area (Å²) in [5, 5.41) is 4.34. The monoisotopic (exact) mass is 434 g/mol. The lowest BCUT2D eigenvalue weighted by atomic mass is 9.97. The smallest absolute Gasteiger partial charge is 0.339 e. The van der Waals surface area contributed by atoms with Crippen LogP contribution in [-0.2, 0) is 17.6 Å². The van der Waals surface area contributed by atoms with Gasteiger partial charge >= 0.3 is 5.63 Å². The van der Waals surface area contributed by atoms with Crippen molar-refractivity contribution in [2.24, 2.45) is 5.92 Å². The quantitative estimate of drug-likeness (QED) is 0.731. The summed E-state index contributed by atoms with van der Waals surface area (Å²) in [4.78, 5) is 26.9. The number of benzene rings is 1. The number of aryl methyl sites for hydroxylation is 2. The molecule has 0 radical (unpaired) electrons. The Kier molecular flexibility index (Phi) is 7.09. The van der Waals surface area contributed by atoms with E-state index in [0.29, 0.717) is 17.3 Å². The number of carbonyl (C=O) groups excluding carboxylic acids is 1. The van der Waals surface area contributed by atoms with E-state index in [1.807, 2.05) is 26.1 Å². The highest BCUT2D eigenvalue weighted by Crippen LogP contribution is 2.33. The summed E-state index contributed by atoms with van der Waals surface area (Å²) in [7, 11) is 1.85. The van der Waals surface area contributed by atoms with Gasteiger partial charge in [-0.15, -0.1) is 12.4 Å². The molecule has 164 valence electrons. The minimum atomic E-state index is -0.598. The van der Waals surface area contributed by atoms with Crippen molar-refractivity contribution in [2.45, 2.75) is 52.1 Å². The maximum Gasteiger partial charge on any atom is 0.339 e. The van der Waals surface area contributed by atoms with Gasteiger partial charge < -0.3 is 19.4 Å². The number of hydrogen-bond acceptors (Lipinski definition) is 5. The minimum Gasteiger partial charge on any atom is -0.480 e. The lowest BCUT2D eigenvalue weighted by Crippen LogP contribution is -2.42. The van der Waals surface area contributed by atoms with Crippen molar-refractivity contribution in [3.63, 3.8) is 0 Å². The Labute approximate surface area is 183 Å². The molecule has 4 rings (SSSR count). The van der Waals surface area contributed by atoms with Crippen molar-refractivity contribution in [1.29, 1.82) is 0 Å². The molecule has 1 N–H and O–H groups in total. The average molecular weight is 435 g/mol. The number of amides is 1. The molecule has 6 nitrogen and oxygen atoms in total. The fourth-order valence-electron chi connectivity index (χ4n) is 4.68. The molecule has 0 bridgehead atoms. The Morgan fingerprint density at radius 1 is 1.27 bits per heavy atom. The predicted octanol–water partition coefficient (Wildman–Crippen LogP) is 3.24. The van der Waals surface area contributed by atoms with Crippen molar-refractivity contribution in [3.8, 4) is 5.75 Å². The van der Waals surface area contributed by atoms with Gasteiger partial charge in [0.2, 0.25) is 0 Å². The normalized spacial score (nSPS) is 17.3. The van der Waals surface area contributed by atoms with Gasteiger partial charge in [-0.2, -0.15) is 0 Å². The fraction of sp³-hybridized carbons (Fsp3) is 0.565. The molecule has 0 spiro atoms. The summed E-state index contributed by atoms with van der Waals surface area (Å²) in [5.74, 6) is 1.10. The van der Waals surface area contributed by atoms with E-state index < -0.39 is 6.10 Å². The summed E-state index contributed by atoms with van der Waals surface area (Å²) >= 11 is 0. The van der Waals surface area contributed by atoms with Crippen molar-refractivity contribution in [1.82, 2.24) is 10.2 Å². The number of rotatable bonds is 5. The van der Waals surface area contributed by atoms with Crippen LogP contribution in [-0.4, -0.2) is 43.6 Å². The third-order valence-corrected chi connectivity index (χ3v) is 6.36. The van der Waals surface area contributed by atoms with Crippen LogP contribution in [0.5, 0.6) is 5.75 Å². The summed E-state index contributed by atoms with van der Waals surface area (Å²) in [6.07, 6.45) is 4.29. The molecule has 2 aromatic rings. The van der Waals surface area contributed by atoms with E-state index in [0.717, 1.165) is 73.8 Å². The Balaban J connectivity index is 0.00000256. The van der Waals surface area contributed by atoms with E-state index >= 15 is 0 Å². The SMILES string of the molecule is Cc1c(OC(C)C(=O)N(C)CC2CCNCC2)ccc2c3c(c(=O)oc12)CCC3.Cl. The average Bonchev–Trinajstić information content (AvgIpc) is 3.21. The number of hydrogen-bond donors (Lipinski definition) is 1. The standard InChI is InChI=1S/C23H30N2O4.ClH/c1-14-20(8-7-18-17-5-4-6-19(17)23(27)29-21(14)18)28-15(2)22(26)25(3)13-16-9-11-24-12-10-16;/h7-8,15-16,24H,4-6,9-13H2,1-3H3;1H. The maximum atomic E-state index is 12.8. The zero-order valence-corrected chi connectivity index (χ0v) is 18.8. The van der Waals surface area contributed by atoms with Gasteiger partial charge in [0.15, 0.2) is 6.10 Å². The molecule has 2 aliphatic rings. The van der Waals surface area contributed by atoms with Crippen molar-refractivity contribution in [3.05, 3.63) is 39.2 Å². The molecule has 1 fully saturated rings. The molecule has 2 heterocycles. The maximum absolute atomic E-state index is 12.8. The first-order valence-electron chi connectivity index (χ1n) is 10.7. The Morgan fingerprint density at radius 3 is 2.70 bits per heavy atom. The second-order valence-electron chi connectivity index (χ2n) is 8.44. The summed E-state index contributed by atoms with van der Waals surface area (Å²) in [6.45, 7) is 6.46. The number of carbonyl (C=O) groups is 1. The third kappa shape index (κ3) is 4.35. The van der Waals surface area contributed by atoms with Crippen LogP contribution >= 0.6 is 12.4 Å². The van der Waals surface area contributed by atoms with Gasteiger partial charge in [0.1, 0.15) is 11.3 Å². The highest BCUT2D eigenvalue weighted by Gasteiger charge is 2.25. The number of fused-ring (bicyclic) bond motifs is 3. The molecular weight excluding hydrogens is 404 g/mol. The second kappa shape index (κ2) is 9.40. The molecule has 30 heavy (non-hydrogen) atoms. The molecule has 7 heteroatoms. The van der Waals surface area contributed by atoms with E-state index in [-0.39, 0.29) is 23.9 Å². The van der Waals surface area contributed by atoms with Gasteiger partial charge in [-0.1, -0.05) is 0 Å². The molecule has 1 aliphatic heterocycles. The van der Waals surface area contributed by atoms with E-state index in [1.165, 1.54) is 0 Å². The van der Waals surface area contributed by atoms with Crippen LogP contribution in [0.3, 0.4) is 0 Å². The highest BCUT2D eigenvalue weighted by atomic mass is 35.5. The summed E-state index contributed by atoms with van der Waals surface area (Å²) in [5.41, 5.74) is 3.03. The molecule has 1 atom stereocenters. The van der Waals surface area contributed by atoms with Gasteiger partial charge in [-0.05, 0) is 82.7 Å². The molecule has 0 saturated carbocycles. The van der Waals surface area contributed by atoms with Crippen LogP contribution in [0.1, 0.15) is 42.9 Å². The predicted molar refractivity (Wildman–Crippen MR) is 120 cm³/mol. The largest absolute Gasteiger partial charge is 0.480 e. The molecule has 1 aromatic carbocycles. The third-order valence-electron chi connectivity index (χ3n) is 6.36. The molecule has 1 amide bonds. The van der Waals surface area contributed by atoms with Crippen molar-refractivity contribution >= 4 is 29.3 Å². The Hall–Kier alpha value is -2.05. The van der Waals surface area contributed by atoms with Crippen LogP contribution in [0.15, 0.2) is 21.3 Å². The number of ether oxygens (including phenoxy) is 1. The van der Waals surface area contributed by atoms with Gasteiger partial charge in [-0.25, -0.2) is 4.79 Å². The van der Waals surface area contributed by atoms with E-state index in [1.54, 1.807) is 11.8 Å². The lowest BCUT2D eigenvalue weighted by Gasteiger charge is -2.29. The number of halogens is 1. The van der Waals surface area contributed by atoms with Crippen molar-refractivity contribution < 1.29 is 13.9 Å². The second-order valence-corrected chi connectivity index (χ2v) is 8.44. The van der Waals surface area contributed by atoms with Gasteiger partial charge in [0.05, 0.1) is 0 Å². The fourth-order valence-corrected chi connectivity index (χ4v) is 4.68. The first-order valence-corrected chi connectivity index (χ1v) is 10.7. The molecule has 1 saturated heterocycles. The van der Waals surface area contributed by atoms with E-state index in [9.17, 15) is 9.59 Å².